The maximum atomic E-state index is 13.2. The number of nitrogens with one attached hydrogen (secondary N) is 1. The number of hydrogen-bond donors (Lipinski definition) is 3. The maximum Gasteiger partial charge on any atom is 0.258 e. The van der Waals surface area contributed by atoms with Crippen LogP contribution in [-0.2, 0) is 0 Å². The van der Waals surface area contributed by atoms with E-state index in [-0.39, 0.29) is 41.9 Å². The van der Waals surface area contributed by atoms with E-state index in [1.54, 1.807) is 4.90 Å². The van der Waals surface area contributed by atoms with Gasteiger partial charge < -0.3 is 15.5 Å². The van der Waals surface area contributed by atoms with Crippen LogP contribution in [0.5, 0.6) is 11.5 Å². The molecule has 0 radical (unpaired) electrons. The van der Waals surface area contributed by atoms with Crippen molar-refractivity contribution in [3.8, 4) is 11.5 Å². The number of alkyl halides is 2. The molecule has 20 heavy (non-hydrogen) atoms. The number of benzene rings is 1. The lowest BCUT2D eigenvalue weighted by Gasteiger charge is -2.34. The summed E-state index contributed by atoms with van der Waals surface area (Å²) in [5.41, 5.74) is 0.157. The van der Waals surface area contributed by atoms with E-state index in [0.717, 1.165) is 6.07 Å². The van der Waals surface area contributed by atoms with Gasteiger partial charge in [-0.2, -0.15) is 0 Å². The zero-order valence-corrected chi connectivity index (χ0v) is 12.3. The fourth-order valence-corrected chi connectivity index (χ4v) is 2.23. The Balaban J connectivity index is 0.00000180. The average molecular weight is 331 g/mol. The van der Waals surface area contributed by atoms with Crippen molar-refractivity contribution in [2.24, 2.45) is 0 Å². The van der Waals surface area contributed by atoms with Gasteiger partial charge >= 0.3 is 0 Å². The van der Waals surface area contributed by atoms with E-state index in [2.05, 4.69) is 5.32 Å². The Morgan fingerprint density at radius 2 is 1.70 bits per heavy atom. The van der Waals surface area contributed by atoms with E-state index in [0.29, 0.717) is 26.2 Å². The molecule has 1 aromatic rings. The molecule has 0 bridgehead atoms. The molecule has 116 valence electrons. The van der Waals surface area contributed by atoms with Crippen molar-refractivity contribution < 1.29 is 19.0 Å². The van der Waals surface area contributed by atoms with Gasteiger partial charge in [-0.15, -0.1) is 24.8 Å². The Morgan fingerprint density at radius 3 is 2.20 bits per heavy atom. The molecule has 0 aliphatic carbocycles. The van der Waals surface area contributed by atoms with Crippen LogP contribution in [0, 0.1) is 0 Å². The van der Waals surface area contributed by atoms with Crippen LogP contribution in [0.15, 0.2) is 18.2 Å². The van der Waals surface area contributed by atoms with Crippen LogP contribution < -0.4 is 5.32 Å². The second kappa shape index (κ2) is 8.46. The first kappa shape index (κ1) is 19.2. The molecule has 1 aliphatic rings. The third kappa shape index (κ3) is 4.34. The summed E-state index contributed by atoms with van der Waals surface area (Å²) in [6.45, 7) is 2.33. The standard InChI is InChI=1S/C12H16F2N2O2.2ClH/c13-12(14)11(16-5-3-15-4-6-16)9-2-1-8(17)7-10(9)18;;/h1-2,7,11-12,15,17-18H,3-6H2;2*1H/t11-;;/m0../s1. The molecule has 0 spiro atoms. The number of halogens is 4. The molecule has 0 aromatic heterocycles. The third-order valence-electron chi connectivity index (χ3n) is 3.12. The van der Waals surface area contributed by atoms with Gasteiger partial charge in [0.25, 0.3) is 6.43 Å². The average Bonchev–Trinajstić information content (AvgIpc) is 2.33. The number of phenolic OH excluding ortho intramolecular Hbond substituents is 2. The minimum atomic E-state index is -2.58. The van der Waals surface area contributed by atoms with Crippen molar-refractivity contribution >= 4 is 24.8 Å². The second-order valence-electron chi connectivity index (χ2n) is 4.31. The SMILES string of the molecule is Cl.Cl.Oc1ccc([C@@H](C(F)F)N2CCNCC2)c(O)c1. The van der Waals surface area contributed by atoms with E-state index < -0.39 is 12.5 Å². The predicted molar refractivity (Wildman–Crippen MR) is 77.5 cm³/mol. The van der Waals surface area contributed by atoms with E-state index in [9.17, 15) is 19.0 Å². The minimum absolute atomic E-state index is 0. The van der Waals surface area contributed by atoms with Crippen LogP contribution in [-0.4, -0.2) is 47.7 Å². The Hall–Kier alpha value is -0.820. The van der Waals surface area contributed by atoms with Crippen LogP contribution in [0.4, 0.5) is 8.78 Å². The summed E-state index contributed by atoms with van der Waals surface area (Å²) < 4.78 is 26.4. The second-order valence-corrected chi connectivity index (χ2v) is 4.31. The summed E-state index contributed by atoms with van der Waals surface area (Å²) in [6, 6.07) is 2.62. The molecule has 1 fully saturated rings. The van der Waals surface area contributed by atoms with E-state index >= 15 is 0 Å². The number of nitrogens with zero attached hydrogens (tertiary/aromatic N) is 1. The van der Waals surface area contributed by atoms with Crippen LogP contribution in [0.1, 0.15) is 11.6 Å². The molecule has 1 aromatic carbocycles. The van der Waals surface area contributed by atoms with Gasteiger partial charge in [0.05, 0.1) is 6.04 Å². The van der Waals surface area contributed by atoms with Crippen LogP contribution >= 0.6 is 24.8 Å². The largest absolute Gasteiger partial charge is 0.508 e. The van der Waals surface area contributed by atoms with Gasteiger partial charge in [0.1, 0.15) is 11.5 Å². The van der Waals surface area contributed by atoms with E-state index in [4.69, 9.17) is 0 Å². The Bertz CT molecular complexity index is 418. The fourth-order valence-electron chi connectivity index (χ4n) is 2.23. The minimum Gasteiger partial charge on any atom is -0.508 e. The molecule has 2 rings (SSSR count). The molecule has 8 heteroatoms. The molecule has 1 atom stereocenters. The van der Waals surface area contributed by atoms with E-state index in [1.807, 2.05) is 0 Å². The van der Waals surface area contributed by atoms with Gasteiger partial charge in [0, 0.05) is 37.8 Å². The van der Waals surface area contributed by atoms with Crippen molar-refractivity contribution in [2.45, 2.75) is 12.5 Å². The number of piperazine rings is 1. The topological polar surface area (TPSA) is 55.7 Å². The summed E-state index contributed by atoms with van der Waals surface area (Å²) in [5, 5.41) is 22.0. The summed E-state index contributed by atoms with van der Waals surface area (Å²) in [7, 11) is 0. The molecule has 1 aliphatic heterocycles. The lowest BCUT2D eigenvalue weighted by atomic mass is 10.0. The summed E-state index contributed by atoms with van der Waals surface area (Å²) in [5.74, 6) is -0.427. The van der Waals surface area contributed by atoms with Gasteiger partial charge in [0.15, 0.2) is 0 Å². The number of phenols is 2. The molecule has 3 N–H and O–H groups in total. The van der Waals surface area contributed by atoms with Gasteiger partial charge in [-0.05, 0) is 12.1 Å². The molecule has 0 amide bonds. The Kier molecular flexibility index (Phi) is 8.12. The Morgan fingerprint density at radius 1 is 1.10 bits per heavy atom. The summed E-state index contributed by atoms with van der Waals surface area (Å²) >= 11 is 0. The number of rotatable bonds is 3. The lowest BCUT2D eigenvalue weighted by Crippen LogP contribution is -2.46. The molecule has 0 saturated carbocycles. The molecule has 0 unspecified atom stereocenters. The zero-order valence-electron chi connectivity index (χ0n) is 10.6. The number of hydrogen-bond acceptors (Lipinski definition) is 4. The lowest BCUT2D eigenvalue weighted by molar-refractivity contribution is 0.0170. The van der Waals surface area contributed by atoms with Crippen molar-refractivity contribution in [1.82, 2.24) is 10.2 Å². The quantitative estimate of drug-likeness (QED) is 0.794. The van der Waals surface area contributed by atoms with Crippen molar-refractivity contribution in [3.63, 3.8) is 0 Å². The van der Waals surface area contributed by atoms with Crippen molar-refractivity contribution in [2.75, 3.05) is 26.2 Å². The third-order valence-corrected chi connectivity index (χ3v) is 3.12. The van der Waals surface area contributed by atoms with E-state index in [1.165, 1.54) is 12.1 Å². The van der Waals surface area contributed by atoms with Crippen LogP contribution in [0.2, 0.25) is 0 Å². The monoisotopic (exact) mass is 330 g/mol. The Labute approximate surface area is 128 Å². The predicted octanol–water partition coefficient (Wildman–Crippen LogP) is 2.15. The van der Waals surface area contributed by atoms with Crippen LogP contribution in [0.25, 0.3) is 0 Å². The van der Waals surface area contributed by atoms with Gasteiger partial charge in [0.2, 0.25) is 0 Å². The first-order chi connectivity index (χ1) is 8.59. The van der Waals surface area contributed by atoms with Crippen molar-refractivity contribution in [1.29, 1.82) is 0 Å². The normalized spacial score (nSPS) is 17.1. The highest BCUT2D eigenvalue weighted by Crippen LogP contribution is 2.35. The summed E-state index contributed by atoms with van der Waals surface area (Å²) in [4.78, 5) is 1.65. The van der Waals surface area contributed by atoms with Crippen LogP contribution in [0.3, 0.4) is 0 Å². The zero-order chi connectivity index (χ0) is 13.1. The number of aromatic hydroxyl groups is 2. The van der Waals surface area contributed by atoms with Crippen molar-refractivity contribution in [3.05, 3.63) is 23.8 Å². The molecule has 4 nitrogen and oxygen atoms in total. The molecule has 1 heterocycles. The fraction of sp³-hybridized carbons (Fsp3) is 0.500. The highest BCUT2D eigenvalue weighted by molar-refractivity contribution is 5.85. The first-order valence-electron chi connectivity index (χ1n) is 5.84. The highest BCUT2D eigenvalue weighted by Gasteiger charge is 2.31. The first-order valence-corrected chi connectivity index (χ1v) is 5.84. The smallest absolute Gasteiger partial charge is 0.258 e. The van der Waals surface area contributed by atoms with Gasteiger partial charge in [-0.3, -0.25) is 4.90 Å². The maximum absolute atomic E-state index is 13.2. The van der Waals surface area contributed by atoms with Gasteiger partial charge in [-0.25, -0.2) is 8.78 Å². The molecule has 1 saturated heterocycles. The van der Waals surface area contributed by atoms with Gasteiger partial charge in [-0.1, -0.05) is 0 Å². The molecular weight excluding hydrogens is 313 g/mol. The highest BCUT2D eigenvalue weighted by atomic mass is 35.5. The molecular formula is C12H18Cl2F2N2O2. The summed E-state index contributed by atoms with van der Waals surface area (Å²) in [6.07, 6.45) is -2.58.